The quantitative estimate of drug-likeness (QED) is 0.810. The molecule has 0 saturated heterocycles. The van der Waals surface area contributed by atoms with E-state index >= 15 is 0 Å². The van der Waals surface area contributed by atoms with Gasteiger partial charge in [-0.2, -0.15) is 0 Å². The molecule has 0 aliphatic carbocycles. The topological polar surface area (TPSA) is 77.2 Å². The highest BCUT2D eigenvalue weighted by atomic mass is 35.5. The lowest BCUT2D eigenvalue weighted by molar-refractivity contribution is 0.0944. The van der Waals surface area contributed by atoms with E-state index in [2.05, 4.69) is 10.3 Å². The minimum absolute atomic E-state index is 0. The van der Waals surface area contributed by atoms with Crippen LogP contribution in [0.1, 0.15) is 17.4 Å². The molecule has 0 aliphatic heterocycles. The molecule has 2 rings (SSSR count). The second-order valence-electron chi connectivity index (χ2n) is 4.82. The Kier molecular flexibility index (Phi) is 9.83. The molecule has 0 spiro atoms. The molecule has 0 radical (unpaired) electrons. The SMILES string of the molecule is COc1ccc(-c2nc(C(=O)NCC(C)CN)cs2)cc1.Cl.Cl. The molecule has 2 aromatic rings. The minimum Gasteiger partial charge on any atom is -0.497 e. The van der Waals surface area contributed by atoms with Gasteiger partial charge in [0.05, 0.1) is 7.11 Å². The van der Waals surface area contributed by atoms with Gasteiger partial charge in [0, 0.05) is 17.5 Å². The van der Waals surface area contributed by atoms with Crippen LogP contribution < -0.4 is 15.8 Å². The fourth-order valence-electron chi connectivity index (χ4n) is 1.69. The lowest BCUT2D eigenvalue weighted by Crippen LogP contribution is -2.31. The predicted molar refractivity (Wildman–Crippen MR) is 99.1 cm³/mol. The number of hydrogen-bond acceptors (Lipinski definition) is 5. The Labute approximate surface area is 152 Å². The molecular formula is C15H21Cl2N3O2S. The molecule has 0 bridgehead atoms. The van der Waals surface area contributed by atoms with Crippen LogP contribution in [0.15, 0.2) is 29.6 Å². The number of thiazole rings is 1. The molecule has 1 heterocycles. The van der Waals surface area contributed by atoms with E-state index in [-0.39, 0.29) is 36.6 Å². The number of benzene rings is 1. The number of nitrogens with zero attached hydrogens (tertiary/aromatic N) is 1. The molecule has 128 valence electrons. The van der Waals surface area contributed by atoms with Crippen LogP contribution >= 0.6 is 36.2 Å². The number of rotatable bonds is 6. The summed E-state index contributed by atoms with van der Waals surface area (Å²) >= 11 is 1.45. The van der Waals surface area contributed by atoms with Gasteiger partial charge in [0.2, 0.25) is 0 Å². The summed E-state index contributed by atoms with van der Waals surface area (Å²) in [4.78, 5) is 16.4. The number of nitrogens with one attached hydrogen (secondary N) is 1. The number of ether oxygens (including phenoxy) is 1. The van der Waals surface area contributed by atoms with Crippen LogP contribution in [-0.4, -0.2) is 31.1 Å². The second kappa shape index (κ2) is 10.4. The highest BCUT2D eigenvalue weighted by molar-refractivity contribution is 7.13. The predicted octanol–water partition coefficient (Wildman–Crippen LogP) is 2.99. The molecule has 3 N–H and O–H groups in total. The van der Waals surface area contributed by atoms with Crippen molar-refractivity contribution in [3.05, 3.63) is 35.3 Å². The average molecular weight is 378 g/mol. The molecule has 0 aliphatic rings. The largest absolute Gasteiger partial charge is 0.497 e. The maximum atomic E-state index is 12.0. The Morgan fingerprint density at radius 1 is 1.35 bits per heavy atom. The molecule has 1 aromatic carbocycles. The molecule has 23 heavy (non-hydrogen) atoms. The summed E-state index contributed by atoms with van der Waals surface area (Å²) < 4.78 is 5.12. The maximum Gasteiger partial charge on any atom is 0.270 e. The summed E-state index contributed by atoms with van der Waals surface area (Å²) in [5.41, 5.74) is 6.93. The molecule has 1 amide bonds. The third kappa shape index (κ3) is 5.99. The minimum atomic E-state index is -0.161. The summed E-state index contributed by atoms with van der Waals surface area (Å²) in [5, 5.41) is 5.42. The van der Waals surface area contributed by atoms with Gasteiger partial charge in [0.25, 0.3) is 5.91 Å². The third-order valence-electron chi connectivity index (χ3n) is 3.09. The van der Waals surface area contributed by atoms with Crippen LogP contribution in [0.2, 0.25) is 0 Å². The van der Waals surface area contributed by atoms with Gasteiger partial charge < -0.3 is 15.8 Å². The Morgan fingerprint density at radius 2 is 2.00 bits per heavy atom. The molecule has 1 unspecified atom stereocenters. The highest BCUT2D eigenvalue weighted by Gasteiger charge is 2.12. The van der Waals surface area contributed by atoms with Crippen molar-refractivity contribution in [3.8, 4) is 16.3 Å². The van der Waals surface area contributed by atoms with E-state index in [9.17, 15) is 4.79 Å². The highest BCUT2D eigenvalue weighted by Crippen LogP contribution is 2.25. The Hall–Kier alpha value is -1.34. The van der Waals surface area contributed by atoms with Crippen molar-refractivity contribution in [2.24, 2.45) is 11.7 Å². The van der Waals surface area contributed by atoms with E-state index in [0.717, 1.165) is 16.3 Å². The molecule has 8 heteroatoms. The number of nitrogens with two attached hydrogens (primary N) is 1. The van der Waals surface area contributed by atoms with Gasteiger partial charge in [-0.3, -0.25) is 4.79 Å². The van der Waals surface area contributed by atoms with Crippen LogP contribution in [0.4, 0.5) is 0 Å². The van der Waals surface area contributed by atoms with E-state index < -0.39 is 0 Å². The number of hydrogen-bond donors (Lipinski definition) is 2. The number of carbonyl (C=O) groups excluding carboxylic acids is 1. The van der Waals surface area contributed by atoms with E-state index in [1.807, 2.05) is 31.2 Å². The van der Waals surface area contributed by atoms with Crippen LogP contribution in [0.3, 0.4) is 0 Å². The summed E-state index contributed by atoms with van der Waals surface area (Å²) in [5.74, 6) is 0.893. The van der Waals surface area contributed by atoms with Gasteiger partial charge in [-0.15, -0.1) is 36.2 Å². The van der Waals surface area contributed by atoms with E-state index in [4.69, 9.17) is 10.5 Å². The first kappa shape index (κ1) is 21.7. The number of halogens is 2. The van der Waals surface area contributed by atoms with Crippen molar-refractivity contribution in [1.29, 1.82) is 0 Å². The van der Waals surface area contributed by atoms with Crippen LogP contribution in [0, 0.1) is 5.92 Å². The van der Waals surface area contributed by atoms with E-state index in [1.54, 1.807) is 12.5 Å². The van der Waals surface area contributed by atoms with Crippen molar-refractivity contribution < 1.29 is 9.53 Å². The summed E-state index contributed by atoms with van der Waals surface area (Å²) in [6.45, 7) is 3.10. The average Bonchev–Trinajstić information content (AvgIpc) is 3.02. The van der Waals surface area contributed by atoms with Gasteiger partial charge >= 0.3 is 0 Å². The smallest absolute Gasteiger partial charge is 0.270 e. The number of aromatic nitrogens is 1. The maximum absolute atomic E-state index is 12.0. The zero-order chi connectivity index (χ0) is 15.2. The molecule has 1 aromatic heterocycles. The standard InChI is InChI=1S/C15H19N3O2S.2ClH/c1-10(7-16)8-17-14(19)13-9-21-15(18-13)11-3-5-12(20-2)6-4-11;;/h3-6,9-10H,7-8,16H2,1-2H3,(H,17,19);2*1H. The Morgan fingerprint density at radius 3 is 2.57 bits per heavy atom. The van der Waals surface area contributed by atoms with Crippen LogP contribution in [-0.2, 0) is 0 Å². The summed E-state index contributed by atoms with van der Waals surface area (Å²) in [6.07, 6.45) is 0. The van der Waals surface area contributed by atoms with Gasteiger partial charge in [-0.25, -0.2) is 4.98 Å². The summed E-state index contributed by atoms with van der Waals surface area (Å²) in [7, 11) is 1.63. The molecule has 0 saturated carbocycles. The molecule has 5 nitrogen and oxygen atoms in total. The fourth-order valence-corrected chi connectivity index (χ4v) is 2.49. The monoisotopic (exact) mass is 377 g/mol. The number of carbonyl (C=O) groups is 1. The van der Waals surface area contributed by atoms with E-state index in [0.29, 0.717) is 18.8 Å². The lowest BCUT2D eigenvalue weighted by atomic mass is 10.2. The van der Waals surface area contributed by atoms with Gasteiger partial charge in [0.15, 0.2) is 0 Å². The first-order valence-corrected chi connectivity index (χ1v) is 7.60. The van der Waals surface area contributed by atoms with E-state index in [1.165, 1.54) is 11.3 Å². The van der Waals surface area contributed by atoms with Crippen LogP contribution in [0.25, 0.3) is 10.6 Å². The third-order valence-corrected chi connectivity index (χ3v) is 3.98. The first-order chi connectivity index (χ1) is 10.1. The second-order valence-corrected chi connectivity index (χ2v) is 5.68. The lowest BCUT2D eigenvalue weighted by Gasteiger charge is -2.08. The number of amides is 1. The van der Waals surface area contributed by atoms with Crippen molar-refractivity contribution in [2.45, 2.75) is 6.92 Å². The first-order valence-electron chi connectivity index (χ1n) is 6.72. The van der Waals surface area contributed by atoms with Crippen molar-refractivity contribution in [3.63, 3.8) is 0 Å². The fraction of sp³-hybridized carbons (Fsp3) is 0.333. The Bertz CT molecular complexity index is 605. The molecule has 1 atom stereocenters. The Balaban J connectivity index is 0.00000242. The van der Waals surface area contributed by atoms with Crippen LogP contribution in [0.5, 0.6) is 5.75 Å². The number of methoxy groups -OCH3 is 1. The van der Waals surface area contributed by atoms with Crippen molar-refractivity contribution in [2.75, 3.05) is 20.2 Å². The molecular weight excluding hydrogens is 357 g/mol. The van der Waals surface area contributed by atoms with Crippen molar-refractivity contribution in [1.82, 2.24) is 10.3 Å². The summed E-state index contributed by atoms with van der Waals surface area (Å²) in [6, 6.07) is 7.60. The van der Waals surface area contributed by atoms with Gasteiger partial charge in [-0.05, 0) is 36.7 Å². The normalized spacial score (nSPS) is 10.9. The van der Waals surface area contributed by atoms with Crippen molar-refractivity contribution >= 4 is 42.1 Å². The zero-order valence-corrected chi connectivity index (χ0v) is 15.4. The molecule has 0 fully saturated rings. The zero-order valence-electron chi connectivity index (χ0n) is 12.9. The van der Waals surface area contributed by atoms with Gasteiger partial charge in [0.1, 0.15) is 16.5 Å². The van der Waals surface area contributed by atoms with Gasteiger partial charge in [-0.1, -0.05) is 6.92 Å².